The Bertz CT molecular complexity index is 349. The van der Waals surface area contributed by atoms with E-state index in [-0.39, 0.29) is 11.9 Å². The normalized spacial score (nSPS) is 17.6. The minimum absolute atomic E-state index is 0.0156. The molecule has 4 nitrogen and oxygen atoms in total. The van der Waals surface area contributed by atoms with Crippen LogP contribution in [0, 0.1) is 0 Å². The summed E-state index contributed by atoms with van der Waals surface area (Å²) in [6, 6.07) is 9.57. The van der Waals surface area contributed by atoms with Crippen molar-refractivity contribution in [1.29, 1.82) is 0 Å². The average Bonchev–Trinajstić information content (AvgIpc) is 2.24. The molecule has 0 aromatic heterocycles. The molecule has 1 aliphatic rings. The van der Waals surface area contributed by atoms with E-state index in [9.17, 15) is 4.79 Å². The van der Waals surface area contributed by atoms with E-state index >= 15 is 0 Å². The second kappa shape index (κ2) is 5.09. The molecule has 0 spiro atoms. The number of anilines is 1. The standard InChI is InChI=1S/C12H16N2O2/c1-9(13-11-7-16-8-11)12(15)14-10-5-3-2-4-6-10/h2-6,9,11,13H,7-8H2,1H3,(H,14,15). The lowest BCUT2D eigenvalue weighted by Crippen LogP contribution is -2.52. The van der Waals surface area contributed by atoms with Crippen LogP contribution in [0.5, 0.6) is 0 Å². The molecule has 0 radical (unpaired) electrons. The number of rotatable bonds is 4. The molecule has 1 unspecified atom stereocenters. The number of nitrogens with one attached hydrogen (secondary N) is 2. The SMILES string of the molecule is CC(NC1COC1)C(=O)Nc1ccccc1. The van der Waals surface area contributed by atoms with Crippen LogP contribution < -0.4 is 10.6 Å². The van der Waals surface area contributed by atoms with Crippen molar-refractivity contribution in [2.45, 2.75) is 19.0 Å². The van der Waals surface area contributed by atoms with Gasteiger partial charge in [0.1, 0.15) is 0 Å². The number of amides is 1. The number of ether oxygens (including phenoxy) is 1. The molecule has 0 aliphatic carbocycles. The molecule has 1 heterocycles. The number of hydrogen-bond donors (Lipinski definition) is 2. The van der Waals surface area contributed by atoms with E-state index in [2.05, 4.69) is 10.6 Å². The summed E-state index contributed by atoms with van der Waals surface area (Å²) in [7, 11) is 0. The third-order valence-electron chi connectivity index (χ3n) is 2.56. The fourth-order valence-electron chi connectivity index (χ4n) is 1.53. The van der Waals surface area contributed by atoms with Crippen molar-refractivity contribution in [3.63, 3.8) is 0 Å². The molecule has 16 heavy (non-hydrogen) atoms. The second-order valence-corrected chi connectivity index (χ2v) is 3.98. The van der Waals surface area contributed by atoms with Gasteiger partial charge in [-0.05, 0) is 19.1 Å². The summed E-state index contributed by atoms with van der Waals surface area (Å²) >= 11 is 0. The summed E-state index contributed by atoms with van der Waals surface area (Å²) in [6.07, 6.45) is 0. The molecule has 1 aromatic rings. The van der Waals surface area contributed by atoms with E-state index in [1.807, 2.05) is 37.3 Å². The third kappa shape index (κ3) is 2.81. The van der Waals surface area contributed by atoms with Crippen LogP contribution in [0.2, 0.25) is 0 Å². The third-order valence-corrected chi connectivity index (χ3v) is 2.56. The number of benzene rings is 1. The molecule has 2 rings (SSSR count). The van der Waals surface area contributed by atoms with Crippen LogP contribution in [0.3, 0.4) is 0 Å². The van der Waals surface area contributed by atoms with E-state index in [1.165, 1.54) is 0 Å². The summed E-state index contributed by atoms with van der Waals surface area (Å²) in [5, 5.41) is 6.05. The van der Waals surface area contributed by atoms with Gasteiger partial charge in [0.15, 0.2) is 0 Å². The van der Waals surface area contributed by atoms with Gasteiger partial charge < -0.3 is 10.1 Å². The molecule has 1 aliphatic heterocycles. The van der Waals surface area contributed by atoms with E-state index < -0.39 is 0 Å². The van der Waals surface area contributed by atoms with Crippen molar-refractivity contribution in [2.75, 3.05) is 18.5 Å². The van der Waals surface area contributed by atoms with Crippen molar-refractivity contribution in [3.05, 3.63) is 30.3 Å². The van der Waals surface area contributed by atoms with Gasteiger partial charge in [0, 0.05) is 5.69 Å². The van der Waals surface area contributed by atoms with E-state index in [0.717, 1.165) is 5.69 Å². The van der Waals surface area contributed by atoms with E-state index in [0.29, 0.717) is 19.3 Å². The molecular weight excluding hydrogens is 204 g/mol. The van der Waals surface area contributed by atoms with E-state index in [4.69, 9.17) is 4.74 Å². The summed E-state index contributed by atoms with van der Waals surface area (Å²) in [5.41, 5.74) is 0.825. The lowest BCUT2D eigenvalue weighted by Gasteiger charge is -2.29. The highest BCUT2D eigenvalue weighted by molar-refractivity contribution is 5.94. The number of carbonyl (C=O) groups is 1. The molecule has 0 bridgehead atoms. The van der Waals surface area contributed by atoms with Gasteiger partial charge in [-0.1, -0.05) is 18.2 Å². The number of para-hydroxylation sites is 1. The fourth-order valence-corrected chi connectivity index (χ4v) is 1.53. The largest absolute Gasteiger partial charge is 0.378 e. The maximum absolute atomic E-state index is 11.8. The summed E-state index contributed by atoms with van der Waals surface area (Å²) in [4.78, 5) is 11.8. The molecule has 4 heteroatoms. The molecule has 86 valence electrons. The van der Waals surface area contributed by atoms with Gasteiger partial charge in [0.25, 0.3) is 0 Å². The summed E-state index contributed by atoms with van der Waals surface area (Å²) < 4.78 is 5.04. The fraction of sp³-hybridized carbons (Fsp3) is 0.417. The highest BCUT2D eigenvalue weighted by atomic mass is 16.5. The molecule has 1 atom stereocenters. The smallest absolute Gasteiger partial charge is 0.241 e. The van der Waals surface area contributed by atoms with Crippen LogP contribution in [0.4, 0.5) is 5.69 Å². The Kier molecular flexibility index (Phi) is 3.54. The van der Waals surface area contributed by atoms with Gasteiger partial charge in [0.2, 0.25) is 5.91 Å². The Morgan fingerprint density at radius 2 is 2.06 bits per heavy atom. The lowest BCUT2D eigenvalue weighted by atomic mass is 10.2. The minimum Gasteiger partial charge on any atom is -0.378 e. The Hall–Kier alpha value is -1.39. The van der Waals surface area contributed by atoms with Gasteiger partial charge in [-0.15, -0.1) is 0 Å². The van der Waals surface area contributed by atoms with Gasteiger partial charge in [-0.2, -0.15) is 0 Å². The van der Waals surface area contributed by atoms with Gasteiger partial charge in [0.05, 0.1) is 25.3 Å². The Morgan fingerprint density at radius 1 is 1.38 bits per heavy atom. The predicted molar refractivity (Wildman–Crippen MR) is 62.3 cm³/mol. The monoisotopic (exact) mass is 220 g/mol. The second-order valence-electron chi connectivity index (χ2n) is 3.98. The van der Waals surface area contributed by atoms with Crippen LogP contribution in [0.15, 0.2) is 30.3 Å². The zero-order chi connectivity index (χ0) is 11.4. The molecule has 1 amide bonds. The van der Waals surface area contributed by atoms with Gasteiger partial charge in [-0.25, -0.2) is 0 Å². The minimum atomic E-state index is -0.200. The van der Waals surface area contributed by atoms with Crippen LogP contribution in [0.1, 0.15) is 6.92 Å². The first kappa shape index (κ1) is 11.1. The topological polar surface area (TPSA) is 50.4 Å². The highest BCUT2D eigenvalue weighted by Gasteiger charge is 2.23. The predicted octanol–water partition coefficient (Wildman–Crippen LogP) is 1.00. The Labute approximate surface area is 95.0 Å². The quantitative estimate of drug-likeness (QED) is 0.796. The van der Waals surface area contributed by atoms with Crippen LogP contribution in [-0.4, -0.2) is 31.2 Å². The Balaban J connectivity index is 1.82. The van der Waals surface area contributed by atoms with Gasteiger partial charge >= 0.3 is 0 Å². The highest BCUT2D eigenvalue weighted by Crippen LogP contribution is 2.06. The van der Waals surface area contributed by atoms with Crippen molar-refractivity contribution < 1.29 is 9.53 Å². The number of hydrogen-bond acceptors (Lipinski definition) is 3. The van der Waals surface area contributed by atoms with Gasteiger partial charge in [-0.3, -0.25) is 10.1 Å². The molecule has 1 aromatic carbocycles. The molecule has 2 N–H and O–H groups in total. The summed E-state index contributed by atoms with van der Waals surface area (Å²) in [6.45, 7) is 3.25. The van der Waals surface area contributed by atoms with Crippen molar-refractivity contribution in [2.24, 2.45) is 0 Å². The zero-order valence-corrected chi connectivity index (χ0v) is 9.27. The van der Waals surface area contributed by atoms with Crippen LogP contribution in [-0.2, 0) is 9.53 Å². The molecule has 1 saturated heterocycles. The molecular formula is C12H16N2O2. The molecule has 1 fully saturated rings. The Morgan fingerprint density at radius 3 is 2.62 bits per heavy atom. The van der Waals surface area contributed by atoms with Crippen LogP contribution >= 0.6 is 0 Å². The van der Waals surface area contributed by atoms with Crippen LogP contribution in [0.25, 0.3) is 0 Å². The van der Waals surface area contributed by atoms with Crippen molar-refractivity contribution in [1.82, 2.24) is 5.32 Å². The molecule has 0 saturated carbocycles. The number of carbonyl (C=O) groups excluding carboxylic acids is 1. The first-order valence-electron chi connectivity index (χ1n) is 5.45. The first-order valence-corrected chi connectivity index (χ1v) is 5.45. The lowest BCUT2D eigenvalue weighted by molar-refractivity contribution is -0.118. The summed E-state index contributed by atoms with van der Waals surface area (Å²) in [5.74, 6) is -0.0156. The van der Waals surface area contributed by atoms with Crippen molar-refractivity contribution in [3.8, 4) is 0 Å². The maximum Gasteiger partial charge on any atom is 0.241 e. The average molecular weight is 220 g/mol. The first-order chi connectivity index (χ1) is 7.75. The van der Waals surface area contributed by atoms with E-state index in [1.54, 1.807) is 0 Å². The van der Waals surface area contributed by atoms with Crippen molar-refractivity contribution >= 4 is 11.6 Å². The zero-order valence-electron chi connectivity index (χ0n) is 9.27. The maximum atomic E-state index is 11.8.